The van der Waals surface area contributed by atoms with E-state index in [1.807, 2.05) is 18.4 Å². The van der Waals surface area contributed by atoms with Crippen LogP contribution in [0.1, 0.15) is 5.56 Å². The van der Waals surface area contributed by atoms with E-state index < -0.39 is 0 Å². The molecule has 11 heavy (non-hydrogen) atoms. The number of hydrogen-bond acceptors (Lipinski definition) is 2. The lowest BCUT2D eigenvalue weighted by atomic mass is 10.1. The van der Waals surface area contributed by atoms with Crippen molar-refractivity contribution >= 4 is 34.6 Å². The molecule has 1 aromatic rings. The zero-order valence-corrected chi connectivity index (χ0v) is 7.96. The summed E-state index contributed by atoms with van der Waals surface area (Å²) >= 11 is 2.13. The lowest BCUT2D eigenvalue weighted by Gasteiger charge is -1.99. The monoisotopic (exact) mass is 260 g/mol. The summed E-state index contributed by atoms with van der Waals surface area (Å²) in [5.41, 5.74) is 7.29. The van der Waals surface area contributed by atoms with Gasteiger partial charge in [-0.15, -0.1) is 0 Å². The van der Waals surface area contributed by atoms with Crippen molar-refractivity contribution in [3.63, 3.8) is 0 Å². The SMILES string of the molecule is Nc1ccc(C[C]=O)cc1I. The largest absolute Gasteiger partial charge is 0.398 e. The van der Waals surface area contributed by atoms with Crippen LogP contribution in [-0.2, 0) is 11.2 Å². The van der Waals surface area contributed by atoms with Crippen LogP contribution in [0.3, 0.4) is 0 Å². The van der Waals surface area contributed by atoms with Crippen LogP contribution >= 0.6 is 22.6 Å². The summed E-state index contributed by atoms with van der Waals surface area (Å²) in [4.78, 5) is 10.0. The molecule has 0 amide bonds. The van der Waals surface area contributed by atoms with Crippen LogP contribution in [0.4, 0.5) is 5.69 Å². The quantitative estimate of drug-likeness (QED) is 0.647. The van der Waals surface area contributed by atoms with Gasteiger partial charge in [0.1, 0.15) is 0 Å². The van der Waals surface area contributed by atoms with Crippen molar-refractivity contribution in [2.24, 2.45) is 0 Å². The minimum absolute atomic E-state index is 0.344. The number of anilines is 1. The number of benzene rings is 1. The summed E-state index contributed by atoms with van der Waals surface area (Å²) in [6, 6.07) is 5.53. The van der Waals surface area contributed by atoms with Crippen LogP contribution in [0.2, 0.25) is 0 Å². The Labute approximate surface area is 78.9 Å². The van der Waals surface area contributed by atoms with E-state index in [0.29, 0.717) is 6.42 Å². The molecule has 0 bridgehead atoms. The summed E-state index contributed by atoms with van der Waals surface area (Å²) in [6.07, 6.45) is 2.18. The summed E-state index contributed by atoms with van der Waals surface area (Å²) in [6.45, 7) is 0. The van der Waals surface area contributed by atoms with Gasteiger partial charge in [0.2, 0.25) is 6.29 Å². The highest BCUT2D eigenvalue weighted by Gasteiger charge is 1.96. The second kappa shape index (κ2) is 3.71. The molecule has 0 atom stereocenters. The fraction of sp³-hybridized carbons (Fsp3) is 0.125. The minimum Gasteiger partial charge on any atom is -0.398 e. The smallest absolute Gasteiger partial charge is 0.203 e. The molecule has 0 heterocycles. The van der Waals surface area contributed by atoms with Crippen LogP contribution in [0.25, 0.3) is 0 Å². The van der Waals surface area contributed by atoms with E-state index in [1.165, 1.54) is 0 Å². The third kappa shape index (κ3) is 2.18. The standard InChI is InChI=1S/C8H7INO/c9-7-5-6(3-4-11)1-2-8(7)10/h1-2,5H,3,10H2. The summed E-state index contributed by atoms with van der Waals surface area (Å²) < 4.78 is 0.982. The van der Waals surface area contributed by atoms with Crippen molar-refractivity contribution in [2.45, 2.75) is 6.42 Å². The minimum atomic E-state index is 0.344. The van der Waals surface area contributed by atoms with Gasteiger partial charge in [0.05, 0.1) is 0 Å². The molecule has 3 heteroatoms. The van der Waals surface area contributed by atoms with Gasteiger partial charge in [-0.1, -0.05) is 6.07 Å². The van der Waals surface area contributed by atoms with E-state index >= 15 is 0 Å². The first-order valence-corrected chi connectivity index (χ1v) is 4.21. The van der Waals surface area contributed by atoms with Crippen molar-refractivity contribution in [1.29, 1.82) is 0 Å². The Hall–Kier alpha value is -0.580. The number of halogens is 1. The van der Waals surface area contributed by atoms with Crippen molar-refractivity contribution in [3.8, 4) is 0 Å². The molecule has 2 nitrogen and oxygen atoms in total. The van der Waals surface area contributed by atoms with Crippen molar-refractivity contribution in [3.05, 3.63) is 27.3 Å². The maximum absolute atomic E-state index is 10.0. The van der Waals surface area contributed by atoms with Gasteiger partial charge in [-0.2, -0.15) is 0 Å². The number of carbonyl (C=O) groups excluding carboxylic acids is 1. The predicted molar refractivity (Wildman–Crippen MR) is 53.0 cm³/mol. The number of nitrogen functional groups attached to an aromatic ring is 1. The fourth-order valence-electron chi connectivity index (χ4n) is 0.764. The zero-order chi connectivity index (χ0) is 8.27. The lowest BCUT2D eigenvalue weighted by Crippen LogP contribution is -1.92. The predicted octanol–water partition coefficient (Wildman–Crippen LogP) is 1.53. The summed E-state index contributed by atoms with van der Waals surface area (Å²) in [5, 5.41) is 0. The van der Waals surface area contributed by atoms with E-state index in [1.54, 1.807) is 6.07 Å². The second-order valence-electron chi connectivity index (χ2n) is 2.18. The third-order valence-electron chi connectivity index (χ3n) is 1.34. The maximum Gasteiger partial charge on any atom is 0.203 e. The highest BCUT2D eigenvalue weighted by Crippen LogP contribution is 2.15. The average molecular weight is 260 g/mol. The second-order valence-corrected chi connectivity index (χ2v) is 3.34. The molecule has 0 aliphatic heterocycles. The first-order valence-electron chi connectivity index (χ1n) is 3.13. The highest BCUT2D eigenvalue weighted by molar-refractivity contribution is 14.1. The van der Waals surface area contributed by atoms with Gasteiger partial charge in [0.15, 0.2) is 0 Å². The van der Waals surface area contributed by atoms with Crippen LogP contribution in [0.5, 0.6) is 0 Å². The Morgan fingerprint density at radius 3 is 2.82 bits per heavy atom. The lowest BCUT2D eigenvalue weighted by molar-refractivity contribution is 0.555. The molecule has 0 spiro atoms. The molecule has 0 aliphatic carbocycles. The number of nitrogens with two attached hydrogens (primary N) is 1. The van der Waals surface area contributed by atoms with E-state index in [9.17, 15) is 4.79 Å². The maximum atomic E-state index is 10.0. The van der Waals surface area contributed by atoms with Crippen LogP contribution in [0, 0.1) is 3.57 Å². The molecule has 1 radical (unpaired) electrons. The fourth-order valence-corrected chi connectivity index (χ4v) is 1.34. The molecule has 1 aromatic carbocycles. The molecule has 0 fully saturated rings. The first-order chi connectivity index (χ1) is 5.24. The number of rotatable bonds is 2. The van der Waals surface area contributed by atoms with Crippen LogP contribution < -0.4 is 5.73 Å². The van der Waals surface area contributed by atoms with Crippen LogP contribution in [0.15, 0.2) is 18.2 Å². The molecule has 0 aliphatic rings. The van der Waals surface area contributed by atoms with Crippen molar-refractivity contribution in [2.75, 3.05) is 5.73 Å². The van der Waals surface area contributed by atoms with Crippen molar-refractivity contribution in [1.82, 2.24) is 0 Å². The molecule has 0 unspecified atom stereocenters. The summed E-state index contributed by atoms with van der Waals surface area (Å²) in [7, 11) is 0. The Morgan fingerprint density at radius 2 is 2.27 bits per heavy atom. The molecular weight excluding hydrogens is 253 g/mol. The van der Waals surface area contributed by atoms with Gasteiger partial charge in [0.25, 0.3) is 0 Å². The van der Waals surface area contributed by atoms with Crippen molar-refractivity contribution < 1.29 is 4.79 Å². The van der Waals surface area contributed by atoms with E-state index in [2.05, 4.69) is 22.6 Å². The third-order valence-corrected chi connectivity index (χ3v) is 2.28. The van der Waals surface area contributed by atoms with Gasteiger partial charge in [0, 0.05) is 15.7 Å². The molecule has 2 N–H and O–H groups in total. The van der Waals surface area contributed by atoms with Gasteiger partial charge >= 0.3 is 0 Å². The molecule has 0 saturated carbocycles. The van der Waals surface area contributed by atoms with E-state index in [-0.39, 0.29) is 0 Å². The highest BCUT2D eigenvalue weighted by atomic mass is 127. The van der Waals surface area contributed by atoms with Gasteiger partial charge in [-0.25, -0.2) is 0 Å². The van der Waals surface area contributed by atoms with E-state index in [0.717, 1.165) is 14.8 Å². The Bertz CT molecular complexity index is 273. The number of hydrogen-bond donors (Lipinski definition) is 1. The zero-order valence-electron chi connectivity index (χ0n) is 5.80. The molecular formula is C8H7INO. The molecule has 0 saturated heterocycles. The van der Waals surface area contributed by atoms with Gasteiger partial charge in [-0.3, -0.25) is 4.79 Å². The topological polar surface area (TPSA) is 43.1 Å². The Morgan fingerprint density at radius 1 is 1.55 bits per heavy atom. The Kier molecular flexibility index (Phi) is 2.87. The Balaban J connectivity index is 2.95. The summed E-state index contributed by atoms with van der Waals surface area (Å²) in [5.74, 6) is 0. The molecule has 0 aromatic heterocycles. The van der Waals surface area contributed by atoms with Gasteiger partial charge in [-0.05, 0) is 40.3 Å². The molecule has 1 rings (SSSR count). The first kappa shape index (κ1) is 8.52. The van der Waals surface area contributed by atoms with Crippen LogP contribution in [-0.4, -0.2) is 6.29 Å². The van der Waals surface area contributed by atoms with Gasteiger partial charge < -0.3 is 5.73 Å². The van der Waals surface area contributed by atoms with E-state index in [4.69, 9.17) is 5.73 Å². The normalized spacial score (nSPS) is 9.55. The average Bonchev–Trinajstić information content (AvgIpc) is 1.98. The molecule has 57 valence electrons.